The van der Waals surface area contributed by atoms with E-state index in [1.807, 2.05) is 0 Å². The first-order valence-corrected chi connectivity index (χ1v) is 8.74. The third kappa shape index (κ3) is 8.76. The molecular weight excluding hydrogens is 467 g/mol. The van der Waals surface area contributed by atoms with Crippen molar-refractivity contribution in [3.8, 4) is 11.5 Å². The van der Waals surface area contributed by atoms with Crippen LogP contribution in [0.3, 0.4) is 0 Å². The molecule has 2 aromatic rings. The van der Waals surface area contributed by atoms with Gasteiger partial charge in [-0.2, -0.15) is 30.7 Å². The van der Waals surface area contributed by atoms with E-state index in [2.05, 4.69) is 21.1 Å². The first-order chi connectivity index (χ1) is 14.0. The van der Waals surface area contributed by atoms with Crippen molar-refractivity contribution in [1.82, 2.24) is 0 Å². The zero-order valence-electron chi connectivity index (χ0n) is 15.9. The Morgan fingerprint density at radius 1 is 0.645 bits per heavy atom. The molecular formula is C19H16ClF9O2. The Kier molecular flexibility index (Phi) is 8.92. The van der Waals surface area contributed by atoms with Crippen molar-refractivity contribution in [3.05, 3.63) is 59.7 Å². The Balaban J connectivity index is 0.000000316. The molecule has 0 amide bonds. The molecule has 0 bridgehead atoms. The second-order valence-electron chi connectivity index (χ2n) is 6.16. The number of halogens is 10. The summed E-state index contributed by atoms with van der Waals surface area (Å²) >= 11 is 4.61. The minimum atomic E-state index is -5.67. The van der Waals surface area contributed by atoms with Crippen molar-refractivity contribution in [1.29, 1.82) is 0 Å². The summed E-state index contributed by atoms with van der Waals surface area (Å²) in [7, 11) is 0. The van der Waals surface area contributed by atoms with Gasteiger partial charge >= 0.3 is 18.4 Å². The van der Waals surface area contributed by atoms with Gasteiger partial charge in [0.15, 0.2) is 0 Å². The van der Waals surface area contributed by atoms with Gasteiger partial charge in [0.1, 0.15) is 11.5 Å². The van der Waals surface area contributed by atoms with E-state index in [1.165, 1.54) is 24.3 Å². The Hall–Kier alpha value is -2.30. The van der Waals surface area contributed by atoms with Gasteiger partial charge in [0.2, 0.25) is 0 Å². The summed E-state index contributed by atoms with van der Waals surface area (Å²) in [4.78, 5) is 0. The summed E-state index contributed by atoms with van der Waals surface area (Å²) < 4.78 is 118. The normalized spacial score (nSPS) is 14.2. The summed E-state index contributed by atoms with van der Waals surface area (Å²) in [5.41, 5.74) is -1.26. The minimum absolute atomic E-state index is 0.121. The minimum Gasteiger partial charge on any atom is -0.430 e. The monoisotopic (exact) mass is 482 g/mol. The number of alkyl halides is 10. The van der Waals surface area contributed by atoms with Crippen molar-refractivity contribution in [3.63, 3.8) is 0 Å². The van der Waals surface area contributed by atoms with Crippen LogP contribution in [0, 0.1) is 13.8 Å². The number of hydrogen-bond donors (Lipinski definition) is 0. The molecule has 31 heavy (non-hydrogen) atoms. The number of hydrogen-bond acceptors (Lipinski definition) is 2. The van der Waals surface area contributed by atoms with Crippen LogP contribution >= 0.6 is 11.6 Å². The van der Waals surface area contributed by atoms with Crippen LogP contribution in [0.1, 0.15) is 11.1 Å². The van der Waals surface area contributed by atoms with Crippen LogP contribution in [-0.2, 0) is 0 Å². The summed E-state index contributed by atoms with van der Waals surface area (Å²) in [6.07, 6.45) is -19.0. The maximum Gasteiger partial charge on any atom is 0.444 e. The van der Waals surface area contributed by atoms with E-state index in [0.29, 0.717) is 5.56 Å². The van der Waals surface area contributed by atoms with E-state index in [1.54, 1.807) is 26.0 Å². The first kappa shape index (κ1) is 26.7. The van der Waals surface area contributed by atoms with Gasteiger partial charge in [0.25, 0.3) is 11.8 Å². The van der Waals surface area contributed by atoms with E-state index >= 15 is 0 Å². The fourth-order valence-electron chi connectivity index (χ4n) is 1.81. The molecule has 2 atom stereocenters. The maximum atomic E-state index is 12.8. The van der Waals surface area contributed by atoms with Crippen LogP contribution in [0.4, 0.5) is 39.5 Å². The second kappa shape index (κ2) is 10.3. The Morgan fingerprint density at radius 2 is 0.968 bits per heavy atom. The van der Waals surface area contributed by atoms with Crippen molar-refractivity contribution < 1.29 is 49.0 Å². The van der Waals surface area contributed by atoms with E-state index in [-0.39, 0.29) is 5.75 Å². The van der Waals surface area contributed by atoms with Crippen LogP contribution in [0.25, 0.3) is 0 Å². The molecule has 2 nitrogen and oxygen atoms in total. The van der Waals surface area contributed by atoms with Gasteiger partial charge < -0.3 is 9.47 Å². The van der Waals surface area contributed by atoms with E-state index in [4.69, 9.17) is 0 Å². The summed E-state index contributed by atoms with van der Waals surface area (Å²) in [6, 6.07) is 10.6. The molecule has 0 aliphatic carbocycles. The van der Waals surface area contributed by atoms with Crippen molar-refractivity contribution in [2.45, 2.75) is 44.0 Å². The highest BCUT2D eigenvalue weighted by Gasteiger charge is 2.59. The molecule has 2 unspecified atom stereocenters. The third-order valence-electron chi connectivity index (χ3n) is 3.39. The van der Waals surface area contributed by atoms with E-state index in [9.17, 15) is 39.5 Å². The molecule has 0 radical (unpaired) electrons. The highest BCUT2D eigenvalue weighted by atomic mass is 35.5. The molecule has 2 rings (SSSR count). The predicted octanol–water partition coefficient (Wildman–Crippen LogP) is 7.37. The molecule has 174 valence electrons. The van der Waals surface area contributed by atoms with Crippen LogP contribution in [-0.4, -0.2) is 30.2 Å². The zero-order valence-corrected chi connectivity index (χ0v) is 16.6. The molecule has 2 aromatic carbocycles. The Labute approximate surface area is 176 Å². The largest absolute Gasteiger partial charge is 0.444 e. The Bertz CT molecular complexity index is 807. The van der Waals surface area contributed by atoms with E-state index < -0.39 is 35.9 Å². The average molecular weight is 483 g/mol. The fraction of sp³-hybridized carbons (Fsp3) is 0.368. The van der Waals surface area contributed by atoms with Gasteiger partial charge in [-0.25, -0.2) is 8.78 Å². The fourth-order valence-corrected chi connectivity index (χ4v) is 1.86. The topological polar surface area (TPSA) is 18.5 Å². The SMILES string of the molecule is Cc1ccc(OC(F)(F)C(F)C(F)(F)F)cc1.Cc1ccc(OC(F)(F)C(F)Cl)cc1. The second-order valence-corrected chi connectivity index (χ2v) is 6.54. The predicted molar refractivity (Wildman–Crippen MR) is 95.2 cm³/mol. The molecule has 0 aliphatic heterocycles. The summed E-state index contributed by atoms with van der Waals surface area (Å²) in [6.45, 7) is 3.44. The van der Waals surface area contributed by atoms with E-state index in [0.717, 1.165) is 17.7 Å². The molecule has 0 spiro atoms. The number of benzene rings is 2. The van der Waals surface area contributed by atoms with Gasteiger partial charge in [0, 0.05) is 0 Å². The third-order valence-corrected chi connectivity index (χ3v) is 3.64. The summed E-state index contributed by atoms with van der Waals surface area (Å²) in [5, 5.41) is 0. The lowest BCUT2D eigenvalue weighted by Gasteiger charge is -2.23. The van der Waals surface area contributed by atoms with Crippen molar-refractivity contribution >= 4 is 11.6 Å². The number of rotatable bonds is 6. The van der Waals surface area contributed by atoms with Crippen LogP contribution < -0.4 is 9.47 Å². The van der Waals surface area contributed by atoms with Gasteiger partial charge in [-0.05, 0) is 38.1 Å². The van der Waals surface area contributed by atoms with Gasteiger partial charge in [-0.15, -0.1) is 0 Å². The van der Waals surface area contributed by atoms with Crippen LogP contribution in [0.5, 0.6) is 11.5 Å². The van der Waals surface area contributed by atoms with Crippen molar-refractivity contribution in [2.75, 3.05) is 0 Å². The lowest BCUT2D eigenvalue weighted by atomic mass is 10.2. The highest BCUT2D eigenvalue weighted by Crippen LogP contribution is 2.36. The van der Waals surface area contributed by atoms with Crippen molar-refractivity contribution in [2.24, 2.45) is 0 Å². The average Bonchev–Trinajstić information content (AvgIpc) is 2.64. The standard InChI is InChI=1S/C10H8F6O.C9H8ClF3O/c1-6-2-4-7(5-3-6)17-10(15,16)8(11)9(12,13)14;1-6-2-4-7(5-3-6)14-9(12,13)8(10)11/h2-5,8H,1H3;2-5,8H,1H3. The number of ether oxygens (including phenoxy) is 2. The molecule has 0 aromatic heterocycles. The lowest BCUT2D eigenvalue weighted by molar-refractivity contribution is -0.304. The highest BCUT2D eigenvalue weighted by molar-refractivity contribution is 6.20. The zero-order chi connectivity index (χ0) is 24.0. The lowest BCUT2D eigenvalue weighted by Crippen LogP contribution is -2.45. The molecule has 12 heteroatoms. The first-order valence-electron chi connectivity index (χ1n) is 8.30. The maximum absolute atomic E-state index is 12.8. The molecule has 0 fully saturated rings. The summed E-state index contributed by atoms with van der Waals surface area (Å²) in [5.74, 6) is -0.656. The van der Waals surface area contributed by atoms with Gasteiger partial charge in [-0.3, -0.25) is 0 Å². The molecule has 0 saturated heterocycles. The molecule has 0 N–H and O–H groups in total. The molecule has 0 heterocycles. The van der Waals surface area contributed by atoms with Gasteiger partial charge in [-0.1, -0.05) is 47.0 Å². The Morgan fingerprint density at radius 3 is 1.26 bits per heavy atom. The smallest absolute Gasteiger partial charge is 0.430 e. The number of aryl methyl sites for hydroxylation is 2. The molecule has 0 aliphatic rings. The van der Waals surface area contributed by atoms with Gasteiger partial charge in [0.05, 0.1) is 0 Å². The molecule has 0 saturated carbocycles. The quantitative estimate of drug-likeness (QED) is 0.316. The van der Waals surface area contributed by atoms with Crippen LogP contribution in [0.2, 0.25) is 0 Å². The van der Waals surface area contributed by atoms with Crippen LogP contribution in [0.15, 0.2) is 48.5 Å².